The van der Waals surface area contributed by atoms with Gasteiger partial charge in [0.05, 0.1) is 17.7 Å². The average Bonchev–Trinajstić information content (AvgIpc) is 2.36. The van der Waals surface area contributed by atoms with Crippen LogP contribution in [-0.2, 0) is 16.1 Å². The van der Waals surface area contributed by atoms with E-state index in [-0.39, 0.29) is 30.2 Å². The van der Waals surface area contributed by atoms with Gasteiger partial charge in [-0.05, 0) is 37.0 Å². The normalized spacial score (nSPS) is 16.8. The van der Waals surface area contributed by atoms with Crippen molar-refractivity contribution >= 4 is 11.6 Å². The molecule has 4 nitrogen and oxygen atoms in total. The van der Waals surface area contributed by atoms with Crippen molar-refractivity contribution in [1.82, 2.24) is 0 Å². The van der Waals surface area contributed by atoms with Crippen LogP contribution < -0.4 is 11.1 Å². The summed E-state index contributed by atoms with van der Waals surface area (Å²) in [5, 5.41) is 2.58. The van der Waals surface area contributed by atoms with Gasteiger partial charge in [0.2, 0.25) is 5.91 Å². The van der Waals surface area contributed by atoms with E-state index in [1.165, 1.54) is 12.1 Å². The van der Waals surface area contributed by atoms with Crippen LogP contribution in [0.5, 0.6) is 0 Å². The van der Waals surface area contributed by atoms with Gasteiger partial charge >= 0.3 is 0 Å². The van der Waals surface area contributed by atoms with Gasteiger partial charge in [0, 0.05) is 13.7 Å². The molecular formula is C14H19FN2O2. The molecule has 5 heteroatoms. The maximum absolute atomic E-state index is 13.7. The molecule has 1 amide bonds. The molecule has 1 aromatic carbocycles. The molecule has 1 aliphatic rings. The van der Waals surface area contributed by atoms with Crippen molar-refractivity contribution in [2.45, 2.75) is 37.8 Å². The number of amides is 1. The van der Waals surface area contributed by atoms with Gasteiger partial charge in [-0.1, -0.05) is 6.07 Å². The molecule has 0 saturated heterocycles. The van der Waals surface area contributed by atoms with Crippen LogP contribution in [0.2, 0.25) is 0 Å². The van der Waals surface area contributed by atoms with Crippen LogP contribution in [0.15, 0.2) is 18.2 Å². The van der Waals surface area contributed by atoms with Crippen molar-refractivity contribution in [3.05, 3.63) is 29.6 Å². The predicted molar refractivity (Wildman–Crippen MR) is 71.1 cm³/mol. The molecule has 1 aliphatic carbocycles. The molecular weight excluding hydrogens is 247 g/mol. The highest BCUT2D eigenvalue weighted by atomic mass is 19.1. The van der Waals surface area contributed by atoms with E-state index >= 15 is 0 Å². The summed E-state index contributed by atoms with van der Waals surface area (Å²) in [6.45, 7) is 0.276. The maximum atomic E-state index is 13.7. The lowest BCUT2D eigenvalue weighted by Gasteiger charge is -2.39. The topological polar surface area (TPSA) is 64.3 Å². The minimum Gasteiger partial charge on any atom is -0.378 e. The first kappa shape index (κ1) is 14.0. The van der Waals surface area contributed by atoms with Crippen molar-refractivity contribution in [3.8, 4) is 0 Å². The van der Waals surface area contributed by atoms with Crippen LogP contribution in [0.1, 0.15) is 31.2 Å². The van der Waals surface area contributed by atoms with E-state index in [2.05, 4.69) is 5.32 Å². The van der Waals surface area contributed by atoms with E-state index in [0.29, 0.717) is 5.56 Å². The van der Waals surface area contributed by atoms with E-state index in [1.54, 1.807) is 13.2 Å². The van der Waals surface area contributed by atoms with Crippen LogP contribution in [0.25, 0.3) is 0 Å². The van der Waals surface area contributed by atoms with Crippen LogP contribution >= 0.6 is 0 Å². The number of hydrogen-bond donors (Lipinski definition) is 2. The van der Waals surface area contributed by atoms with E-state index in [4.69, 9.17) is 10.5 Å². The number of methoxy groups -OCH3 is 1. The number of carbonyl (C=O) groups excluding carboxylic acids is 1. The van der Waals surface area contributed by atoms with Gasteiger partial charge in [-0.2, -0.15) is 0 Å². The lowest BCUT2D eigenvalue weighted by molar-refractivity contribution is -0.129. The molecule has 0 aliphatic heterocycles. The molecule has 0 unspecified atom stereocenters. The van der Waals surface area contributed by atoms with Crippen LogP contribution in [0.3, 0.4) is 0 Å². The quantitative estimate of drug-likeness (QED) is 0.858. The molecule has 0 heterocycles. The van der Waals surface area contributed by atoms with E-state index in [9.17, 15) is 9.18 Å². The first-order valence-corrected chi connectivity index (χ1v) is 6.42. The molecule has 2 rings (SSSR count). The molecule has 19 heavy (non-hydrogen) atoms. The van der Waals surface area contributed by atoms with Gasteiger partial charge in [0.1, 0.15) is 5.82 Å². The fourth-order valence-corrected chi connectivity index (χ4v) is 2.30. The summed E-state index contributed by atoms with van der Waals surface area (Å²) in [6.07, 6.45) is 3.10. The number of nitrogens with one attached hydrogen (secondary N) is 1. The highest BCUT2D eigenvalue weighted by Crippen LogP contribution is 2.38. The Hall–Kier alpha value is -1.46. The summed E-state index contributed by atoms with van der Waals surface area (Å²) < 4.78 is 19.1. The zero-order valence-electron chi connectivity index (χ0n) is 11.0. The fraction of sp³-hybridized carbons (Fsp3) is 0.500. The second-order valence-corrected chi connectivity index (χ2v) is 4.98. The summed E-state index contributed by atoms with van der Waals surface area (Å²) in [5.74, 6) is -0.683. The second-order valence-electron chi connectivity index (χ2n) is 4.98. The molecule has 104 valence electrons. The maximum Gasteiger partial charge on any atom is 0.227 e. The zero-order valence-corrected chi connectivity index (χ0v) is 11.0. The van der Waals surface area contributed by atoms with Gasteiger partial charge in [0.15, 0.2) is 0 Å². The Bertz CT molecular complexity index is 467. The zero-order chi connectivity index (χ0) is 13.9. The first-order valence-electron chi connectivity index (χ1n) is 6.42. The minimum absolute atomic E-state index is 0.188. The first-order chi connectivity index (χ1) is 9.08. The molecule has 1 fully saturated rings. The molecule has 0 aromatic heterocycles. The number of nitrogens with two attached hydrogens (primary N) is 1. The Kier molecular flexibility index (Phi) is 4.17. The lowest BCUT2D eigenvalue weighted by atomic mass is 9.77. The summed E-state index contributed by atoms with van der Waals surface area (Å²) in [4.78, 5) is 11.9. The Morgan fingerprint density at radius 2 is 2.26 bits per heavy atom. The highest BCUT2D eigenvalue weighted by molar-refractivity contribution is 5.91. The highest BCUT2D eigenvalue weighted by Gasteiger charge is 2.39. The van der Waals surface area contributed by atoms with Crippen LogP contribution in [0, 0.1) is 5.82 Å². The summed E-state index contributed by atoms with van der Waals surface area (Å²) in [7, 11) is 1.61. The number of carbonyl (C=O) groups is 1. The molecule has 0 spiro atoms. The Morgan fingerprint density at radius 1 is 1.53 bits per heavy atom. The largest absolute Gasteiger partial charge is 0.378 e. The molecule has 0 radical (unpaired) electrons. The third-order valence-corrected chi connectivity index (χ3v) is 3.72. The monoisotopic (exact) mass is 266 g/mol. The van der Waals surface area contributed by atoms with E-state index < -0.39 is 5.82 Å². The van der Waals surface area contributed by atoms with Crippen molar-refractivity contribution in [2.24, 2.45) is 5.73 Å². The molecule has 0 bridgehead atoms. The van der Waals surface area contributed by atoms with Gasteiger partial charge in [0.25, 0.3) is 0 Å². The van der Waals surface area contributed by atoms with Crippen LogP contribution in [-0.4, -0.2) is 18.6 Å². The number of ether oxygens (including phenoxy) is 1. The second kappa shape index (κ2) is 5.67. The van der Waals surface area contributed by atoms with Gasteiger partial charge < -0.3 is 15.8 Å². The average molecular weight is 266 g/mol. The van der Waals surface area contributed by atoms with Gasteiger partial charge in [-0.15, -0.1) is 0 Å². The Labute approximate surface area is 112 Å². The summed E-state index contributed by atoms with van der Waals surface area (Å²) in [6, 6.07) is 4.58. The van der Waals surface area contributed by atoms with Crippen LogP contribution in [0.4, 0.5) is 10.1 Å². The minimum atomic E-state index is -0.462. The van der Waals surface area contributed by atoms with Gasteiger partial charge in [-0.25, -0.2) is 4.39 Å². The molecule has 1 aromatic rings. The van der Waals surface area contributed by atoms with E-state index in [1.807, 2.05) is 0 Å². The number of anilines is 1. The van der Waals surface area contributed by atoms with Crippen molar-refractivity contribution < 1.29 is 13.9 Å². The van der Waals surface area contributed by atoms with E-state index in [0.717, 1.165) is 19.3 Å². The fourth-order valence-electron chi connectivity index (χ4n) is 2.30. The third kappa shape index (κ3) is 3.11. The number of benzene rings is 1. The van der Waals surface area contributed by atoms with Crippen molar-refractivity contribution in [1.29, 1.82) is 0 Å². The predicted octanol–water partition coefficient (Wildman–Crippen LogP) is 2.18. The van der Waals surface area contributed by atoms with Crippen molar-refractivity contribution in [2.75, 3.05) is 12.4 Å². The third-order valence-electron chi connectivity index (χ3n) is 3.72. The SMILES string of the molecule is COC1(CC(=O)Nc2ccc(CN)cc2F)CCC1. The van der Waals surface area contributed by atoms with Gasteiger partial charge in [-0.3, -0.25) is 4.79 Å². The standard InChI is InChI=1S/C14H19FN2O2/c1-19-14(5-2-6-14)8-13(18)17-12-4-3-10(9-16)7-11(12)15/h3-4,7H,2,5-6,8-9,16H2,1H3,(H,17,18). The summed E-state index contributed by atoms with van der Waals surface area (Å²) >= 11 is 0. The molecule has 1 saturated carbocycles. The number of hydrogen-bond acceptors (Lipinski definition) is 3. The molecule has 3 N–H and O–H groups in total. The summed E-state index contributed by atoms with van der Waals surface area (Å²) in [5.41, 5.74) is 5.96. The smallest absolute Gasteiger partial charge is 0.227 e. The lowest BCUT2D eigenvalue weighted by Crippen LogP contribution is -2.42. The Balaban J connectivity index is 1.99. The van der Waals surface area contributed by atoms with Crippen molar-refractivity contribution in [3.63, 3.8) is 0 Å². The number of rotatable bonds is 5. The molecule has 0 atom stereocenters. The number of halogens is 1. The Morgan fingerprint density at radius 3 is 2.74 bits per heavy atom.